The predicted octanol–water partition coefficient (Wildman–Crippen LogP) is 2.29. The van der Waals surface area contributed by atoms with Gasteiger partial charge in [0.2, 0.25) is 0 Å². The highest BCUT2D eigenvalue weighted by Crippen LogP contribution is 2.29. The van der Waals surface area contributed by atoms with Gasteiger partial charge in [-0.2, -0.15) is 0 Å². The van der Waals surface area contributed by atoms with Crippen LogP contribution in [0.1, 0.15) is 29.0 Å². The van der Waals surface area contributed by atoms with E-state index in [0.717, 1.165) is 37.1 Å². The number of phenols is 1. The molecule has 19 heavy (non-hydrogen) atoms. The van der Waals surface area contributed by atoms with E-state index >= 15 is 0 Å². The molecule has 2 heterocycles. The first-order valence-electron chi connectivity index (χ1n) is 6.29. The van der Waals surface area contributed by atoms with Gasteiger partial charge in [-0.25, -0.2) is 9.78 Å². The van der Waals surface area contributed by atoms with Gasteiger partial charge >= 0.3 is 5.97 Å². The van der Waals surface area contributed by atoms with Crippen LogP contribution in [-0.4, -0.2) is 25.7 Å². The van der Waals surface area contributed by atoms with Crippen molar-refractivity contribution in [1.29, 1.82) is 0 Å². The van der Waals surface area contributed by atoms with E-state index in [9.17, 15) is 15.0 Å². The Bertz CT molecular complexity index is 646. The SMILES string of the molecule is O=C(O)c1nc(-c2cccc(O)c2)n2c1CCCC2. The largest absolute Gasteiger partial charge is 0.508 e. The van der Waals surface area contributed by atoms with Gasteiger partial charge in [0.1, 0.15) is 11.6 Å². The molecule has 0 aliphatic carbocycles. The van der Waals surface area contributed by atoms with Crippen LogP contribution in [0.5, 0.6) is 5.75 Å². The van der Waals surface area contributed by atoms with Gasteiger partial charge in [-0.05, 0) is 31.4 Å². The van der Waals surface area contributed by atoms with Crippen molar-refractivity contribution in [2.45, 2.75) is 25.8 Å². The summed E-state index contributed by atoms with van der Waals surface area (Å²) in [6.45, 7) is 0.778. The Morgan fingerprint density at radius 1 is 1.32 bits per heavy atom. The molecule has 2 N–H and O–H groups in total. The first kappa shape index (κ1) is 11.8. The van der Waals surface area contributed by atoms with Gasteiger partial charge in [-0.1, -0.05) is 12.1 Å². The fraction of sp³-hybridized carbons (Fsp3) is 0.286. The average molecular weight is 258 g/mol. The van der Waals surface area contributed by atoms with Crippen molar-refractivity contribution in [2.24, 2.45) is 0 Å². The topological polar surface area (TPSA) is 75.3 Å². The Morgan fingerprint density at radius 3 is 2.89 bits per heavy atom. The fourth-order valence-electron chi connectivity index (χ4n) is 2.58. The van der Waals surface area contributed by atoms with Crippen LogP contribution >= 0.6 is 0 Å². The van der Waals surface area contributed by atoms with Gasteiger partial charge in [-0.3, -0.25) is 0 Å². The van der Waals surface area contributed by atoms with E-state index < -0.39 is 5.97 Å². The molecule has 0 saturated heterocycles. The molecule has 0 saturated carbocycles. The number of fused-ring (bicyclic) bond motifs is 1. The summed E-state index contributed by atoms with van der Waals surface area (Å²) in [6, 6.07) is 6.75. The minimum atomic E-state index is -0.989. The molecule has 5 heteroatoms. The number of aromatic hydroxyl groups is 1. The van der Waals surface area contributed by atoms with Crippen molar-refractivity contribution in [3.8, 4) is 17.1 Å². The number of hydrogen-bond donors (Lipinski definition) is 2. The zero-order valence-electron chi connectivity index (χ0n) is 10.3. The van der Waals surface area contributed by atoms with Crippen LogP contribution in [0, 0.1) is 0 Å². The molecule has 0 unspecified atom stereocenters. The maximum absolute atomic E-state index is 11.3. The van der Waals surface area contributed by atoms with Crippen LogP contribution in [0.25, 0.3) is 11.4 Å². The second-order valence-corrected chi connectivity index (χ2v) is 4.69. The van der Waals surface area contributed by atoms with Crippen LogP contribution in [0.3, 0.4) is 0 Å². The second kappa shape index (κ2) is 4.42. The second-order valence-electron chi connectivity index (χ2n) is 4.69. The van der Waals surface area contributed by atoms with Crippen LogP contribution in [0.15, 0.2) is 24.3 Å². The summed E-state index contributed by atoms with van der Waals surface area (Å²) in [5.74, 6) is -0.206. The zero-order chi connectivity index (χ0) is 13.4. The van der Waals surface area contributed by atoms with E-state index in [4.69, 9.17) is 0 Å². The highest BCUT2D eigenvalue weighted by molar-refractivity contribution is 5.88. The molecule has 0 radical (unpaired) electrons. The Balaban J connectivity index is 2.19. The van der Waals surface area contributed by atoms with Crippen molar-refractivity contribution in [3.05, 3.63) is 35.7 Å². The van der Waals surface area contributed by atoms with Crippen LogP contribution in [0.4, 0.5) is 0 Å². The Morgan fingerprint density at radius 2 is 2.16 bits per heavy atom. The molecule has 1 aromatic heterocycles. The minimum Gasteiger partial charge on any atom is -0.508 e. The van der Waals surface area contributed by atoms with E-state index in [1.165, 1.54) is 0 Å². The summed E-state index contributed by atoms with van der Waals surface area (Å²) >= 11 is 0. The summed E-state index contributed by atoms with van der Waals surface area (Å²) in [6.07, 6.45) is 2.76. The number of carbonyl (C=O) groups is 1. The standard InChI is InChI=1S/C14H14N2O3/c17-10-5-3-4-9(8-10)13-15-12(14(18)19)11-6-1-2-7-16(11)13/h3-5,8,17H,1-2,6-7H2,(H,18,19). The molecule has 0 fully saturated rings. The van der Waals surface area contributed by atoms with Crippen LogP contribution in [-0.2, 0) is 13.0 Å². The van der Waals surface area contributed by atoms with Gasteiger partial charge in [0.25, 0.3) is 0 Å². The third-order valence-electron chi connectivity index (χ3n) is 3.42. The Hall–Kier alpha value is -2.30. The number of aromatic carboxylic acids is 1. The molecule has 0 atom stereocenters. The summed E-state index contributed by atoms with van der Waals surface area (Å²) < 4.78 is 1.96. The van der Waals surface area contributed by atoms with Crippen molar-refractivity contribution in [2.75, 3.05) is 0 Å². The molecule has 3 rings (SSSR count). The van der Waals surface area contributed by atoms with Crippen molar-refractivity contribution >= 4 is 5.97 Å². The molecular formula is C14H14N2O3. The smallest absolute Gasteiger partial charge is 0.356 e. The van der Waals surface area contributed by atoms with Gasteiger partial charge in [0.15, 0.2) is 5.69 Å². The Labute approximate surface area is 110 Å². The van der Waals surface area contributed by atoms with E-state index in [1.54, 1.807) is 18.2 Å². The first-order valence-corrected chi connectivity index (χ1v) is 6.29. The molecule has 1 aliphatic heterocycles. The summed E-state index contributed by atoms with van der Waals surface area (Å²) in [4.78, 5) is 15.5. The lowest BCUT2D eigenvalue weighted by atomic mass is 10.1. The predicted molar refractivity (Wildman–Crippen MR) is 69.2 cm³/mol. The van der Waals surface area contributed by atoms with E-state index in [1.807, 2.05) is 10.6 Å². The number of carboxylic acids is 1. The average Bonchev–Trinajstić information content (AvgIpc) is 2.78. The van der Waals surface area contributed by atoms with Crippen molar-refractivity contribution in [1.82, 2.24) is 9.55 Å². The monoisotopic (exact) mass is 258 g/mol. The van der Waals surface area contributed by atoms with Crippen LogP contribution in [0.2, 0.25) is 0 Å². The van der Waals surface area contributed by atoms with E-state index in [-0.39, 0.29) is 11.4 Å². The van der Waals surface area contributed by atoms with Crippen molar-refractivity contribution in [3.63, 3.8) is 0 Å². The zero-order valence-corrected chi connectivity index (χ0v) is 10.3. The maximum atomic E-state index is 11.3. The summed E-state index contributed by atoms with van der Waals surface area (Å²) in [5.41, 5.74) is 1.67. The highest BCUT2D eigenvalue weighted by Gasteiger charge is 2.24. The Kier molecular flexibility index (Phi) is 2.74. The minimum absolute atomic E-state index is 0.137. The van der Waals surface area contributed by atoms with E-state index in [2.05, 4.69) is 4.98 Å². The lowest BCUT2D eigenvalue weighted by molar-refractivity contribution is 0.0689. The molecule has 2 aromatic rings. The van der Waals surface area contributed by atoms with Gasteiger partial charge in [-0.15, -0.1) is 0 Å². The number of imidazole rings is 1. The lowest BCUT2D eigenvalue weighted by Crippen LogP contribution is -2.13. The van der Waals surface area contributed by atoms with Crippen LogP contribution < -0.4 is 0 Å². The van der Waals surface area contributed by atoms with Gasteiger partial charge < -0.3 is 14.8 Å². The van der Waals surface area contributed by atoms with Gasteiger partial charge in [0, 0.05) is 12.1 Å². The number of hydrogen-bond acceptors (Lipinski definition) is 3. The molecule has 1 aliphatic rings. The van der Waals surface area contributed by atoms with Gasteiger partial charge in [0.05, 0.1) is 5.69 Å². The lowest BCUT2D eigenvalue weighted by Gasteiger charge is -2.16. The van der Waals surface area contributed by atoms with E-state index in [0.29, 0.717) is 5.82 Å². The molecular weight excluding hydrogens is 244 g/mol. The highest BCUT2D eigenvalue weighted by atomic mass is 16.4. The number of carboxylic acid groups (broad SMARTS) is 1. The normalized spacial score (nSPS) is 14.1. The number of rotatable bonds is 2. The maximum Gasteiger partial charge on any atom is 0.356 e. The number of aromatic nitrogens is 2. The molecule has 0 bridgehead atoms. The third-order valence-corrected chi connectivity index (χ3v) is 3.42. The molecule has 1 aromatic carbocycles. The number of benzene rings is 1. The number of nitrogens with zero attached hydrogens (tertiary/aromatic N) is 2. The third kappa shape index (κ3) is 1.97. The quantitative estimate of drug-likeness (QED) is 0.866. The number of phenolic OH excluding ortho intramolecular Hbond substituents is 1. The summed E-state index contributed by atoms with van der Waals surface area (Å²) in [5, 5.41) is 18.8. The fourth-order valence-corrected chi connectivity index (χ4v) is 2.58. The summed E-state index contributed by atoms with van der Waals surface area (Å²) in [7, 11) is 0. The first-order chi connectivity index (χ1) is 9.16. The van der Waals surface area contributed by atoms with Crippen molar-refractivity contribution < 1.29 is 15.0 Å². The molecule has 0 amide bonds. The molecule has 98 valence electrons. The molecule has 0 spiro atoms. The molecule has 5 nitrogen and oxygen atoms in total.